The molecule has 0 heterocycles. The van der Waals surface area contributed by atoms with E-state index in [-0.39, 0.29) is 28.4 Å². The highest BCUT2D eigenvalue weighted by Gasteiger charge is 2.15. The van der Waals surface area contributed by atoms with Crippen molar-refractivity contribution in [2.75, 3.05) is 5.32 Å². The third kappa shape index (κ3) is 3.08. The van der Waals surface area contributed by atoms with Gasteiger partial charge >= 0.3 is 0 Å². The Bertz CT molecular complexity index is 716. The molecule has 0 spiro atoms. The summed E-state index contributed by atoms with van der Waals surface area (Å²) in [6, 6.07) is 9.38. The van der Waals surface area contributed by atoms with Crippen LogP contribution in [0.2, 0.25) is 0 Å². The minimum atomic E-state index is -0.605. The number of nitrogens with two attached hydrogens (primary N) is 1. The Morgan fingerprint density at radius 3 is 2.57 bits per heavy atom. The molecule has 5 N–H and O–H groups in total. The summed E-state index contributed by atoms with van der Waals surface area (Å²) < 4.78 is 13.2. The fraction of sp³-hybridized carbons (Fsp3) is 0. The van der Waals surface area contributed by atoms with E-state index in [9.17, 15) is 14.3 Å². The third-order valence-corrected chi connectivity index (χ3v) is 2.76. The van der Waals surface area contributed by atoms with Crippen molar-refractivity contribution in [3.8, 4) is 5.75 Å². The van der Waals surface area contributed by atoms with E-state index in [0.29, 0.717) is 0 Å². The summed E-state index contributed by atoms with van der Waals surface area (Å²) in [6.45, 7) is 0. The number of amides is 1. The highest BCUT2D eigenvalue weighted by atomic mass is 19.1. The van der Waals surface area contributed by atoms with Gasteiger partial charge < -0.3 is 21.4 Å². The summed E-state index contributed by atoms with van der Waals surface area (Å²) in [5.74, 6) is -1.74. The number of carbonyl (C=O) groups is 1. The first kappa shape index (κ1) is 14.3. The monoisotopic (exact) mass is 289 g/mol. The number of benzene rings is 2. The number of anilines is 1. The molecule has 1 amide bonds. The quantitative estimate of drug-likeness (QED) is 0.299. The summed E-state index contributed by atoms with van der Waals surface area (Å²) in [4.78, 5) is 12.1. The van der Waals surface area contributed by atoms with Crippen LogP contribution in [0.15, 0.2) is 47.6 Å². The van der Waals surface area contributed by atoms with Gasteiger partial charge in [-0.3, -0.25) is 4.79 Å². The van der Waals surface area contributed by atoms with Gasteiger partial charge in [-0.05, 0) is 30.3 Å². The number of oxime groups is 1. The van der Waals surface area contributed by atoms with Gasteiger partial charge in [0.15, 0.2) is 5.84 Å². The summed E-state index contributed by atoms with van der Waals surface area (Å²) in [5, 5.41) is 23.6. The molecule has 0 aliphatic rings. The largest absolute Gasteiger partial charge is 0.507 e. The number of para-hydroxylation sites is 1. The molecule has 0 saturated carbocycles. The zero-order valence-corrected chi connectivity index (χ0v) is 10.7. The van der Waals surface area contributed by atoms with Gasteiger partial charge in [-0.15, -0.1) is 0 Å². The van der Waals surface area contributed by atoms with E-state index >= 15 is 0 Å². The average molecular weight is 289 g/mol. The Labute approximate surface area is 119 Å². The zero-order chi connectivity index (χ0) is 15.4. The Morgan fingerprint density at radius 1 is 1.19 bits per heavy atom. The van der Waals surface area contributed by atoms with Crippen molar-refractivity contribution in [2.24, 2.45) is 10.9 Å². The molecule has 0 saturated heterocycles. The van der Waals surface area contributed by atoms with Crippen LogP contribution in [0.25, 0.3) is 0 Å². The highest BCUT2D eigenvalue weighted by Crippen LogP contribution is 2.21. The minimum Gasteiger partial charge on any atom is -0.507 e. The molecule has 0 fully saturated rings. The maximum atomic E-state index is 13.2. The maximum absolute atomic E-state index is 13.2. The molecule has 108 valence electrons. The third-order valence-electron chi connectivity index (χ3n) is 2.76. The average Bonchev–Trinajstić information content (AvgIpc) is 2.48. The lowest BCUT2D eigenvalue weighted by Crippen LogP contribution is -2.19. The number of hydrogen-bond donors (Lipinski definition) is 4. The van der Waals surface area contributed by atoms with Crippen molar-refractivity contribution in [3.63, 3.8) is 0 Å². The molecule has 2 rings (SSSR count). The normalized spacial score (nSPS) is 11.2. The van der Waals surface area contributed by atoms with E-state index in [1.165, 1.54) is 18.2 Å². The molecule has 6 nitrogen and oxygen atoms in total. The first-order valence-corrected chi connectivity index (χ1v) is 5.89. The van der Waals surface area contributed by atoms with Gasteiger partial charge in [0.1, 0.15) is 11.6 Å². The summed E-state index contributed by atoms with van der Waals surface area (Å²) in [6.07, 6.45) is 0. The topological polar surface area (TPSA) is 108 Å². The van der Waals surface area contributed by atoms with E-state index in [0.717, 1.165) is 12.1 Å². The molecule has 0 aliphatic heterocycles. The fourth-order valence-electron chi connectivity index (χ4n) is 1.75. The smallest absolute Gasteiger partial charge is 0.259 e. The lowest BCUT2D eigenvalue weighted by Gasteiger charge is -2.11. The first-order chi connectivity index (χ1) is 10.0. The number of hydrogen-bond acceptors (Lipinski definition) is 4. The molecule has 2 aromatic carbocycles. The maximum Gasteiger partial charge on any atom is 0.259 e. The van der Waals surface area contributed by atoms with E-state index in [2.05, 4.69) is 10.5 Å². The van der Waals surface area contributed by atoms with Crippen molar-refractivity contribution in [1.82, 2.24) is 0 Å². The first-order valence-electron chi connectivity index (χ1n) is 5.89. The van der Waals surface area contributed by atoms with Crippen molar-refractivity contribution in [2.45, 2.75) is 0 Å². The second kappa shape index (κ2) is 5.91. The Hall–Kier alpha value is -3.09. The van der Waals surface area contributed by atoms with Gasteiger partial charge in [-0.25, -0.2) is 4.39 Å². The number of amidine groups is 1. The molecule has 0 aliphatic carbocycles. The summed E-state index contributed by atoms with van der Waals surface area (Å²) in [5.41, 5.74) is 5.67. The lowest BCUT2D eigenvalue weighted by atomic mass is 10.1. The van der Waals surface area contributed by atoms with Crippen LogP contribution in [0.4, 0.5) is 10.1 Å². The van der Waals surface area contributed by atoms with Crippen LogP contribution in [0.5, 0.6) is 5.75 Å². The van der Waals surface area contributed by atoms with Gasteiger partial charge in [-0.1, -0.05) is 17.3 Å². The van der Waals surface area contributed by atoms with Crippen molar-refractivity contribution in [3.05, 3.63) is 59.4 Å². The molecule has 0 radical (unpaired) electrons. The Morgan fingerprint density at radius 2 is 1.90 bits per heavy atom. The fourth-order valence-corrected chi connectivity index (χ4v) is 1.75. The van der Waals surface area contributed by atoms with Gasteiger partial charge in [0, 0.05) is 5.56 Å². The number of phenolic OH excluding ortho intramolecular Hbond substituents is 1. The minimum absolute atomic E-state index is 0.0290. The van der Waals surface area contributed by atoms with Crippen LogP contribution < -0.4 is 11.1 Å². The molecule has 2 aromatic rings. The zero-order valence-electron chi connectivity index (χ0n) is 10.7. The van der Waals surface area contributed by atoms with Gasteiger partial charge in [0.25, 0.3) is 5.91 Å². The summed E-state index contributed by atoms with van der Waals surface area (Å²) in [7, 11) is 0. The van der Waals surface area contributed by atoms with Crippen LogP contribution in [-0.2, 0) is 0 Å². The van der Waals surface area contributed by atoms with Gasteiger partial charge in [0.05, 0.1) is 11.3 Å². The van der Waals surface area contributed by atoms with Crippen molar-refractivity contribution >= 4 is 17.4 Å². The van der Waals surface area contributed by atoms with Crippen LogP contribution in [0.1, 0.15) is 15.9 Å². The van der Waals surface area contributed by atoms with Crippen molar-refractivity contribution in [1.29, 1.82) is 0 Å². The molecular formula is C14H12FN3O3. The van der Waals surface area contributed by atoms with E-state index < -0.39 is 11.7 Å². The lowest BCUT2D eigenvalue weighted by molar-refractivity contribution is 0.102. The summed E-state index contributed by atoms with van der Waals surface area (Å²) >= 11 is 0. The SMILES string of the molecule is N/C(=N/O)c1cc(F)ccc1NC(=O)c1ccccc1O. The standard InChI is InChI=1S/C14H12FN3O3/c15-8-5-6-11(10(7-8)13(16)18-21)17-14(20)9-3-1-2-4-12(9)19/h1-7,19,21H,(H2,16,18)(H,17,20). The number of halogens is 1. The van der Waals surface area contributed by atoms with Crippen LogP contribution in [0.3, 0.4) is 0 Å². The second-order valence-corrected chi connectivity index (χ2v) is 4.15. The number of aromatic hydroxyl groups is 1. The van der Waals surface area contributed by atoms with E-state index in [1.807, 2.05) is 0 Å². The van der Waals surface area contributed by atoms with Gasteiger partial charge in [-0.2, -0.15) is 0 Å². The number of nitrogens with zero attached hydrogens (tertiary/aromatic N) is 1. The predicted octanol–water partition coefficient (Wildman–Crippen LogP) is 1.88. The molecule has 21 heavy (non-hydrogen) atoms. The Balaban J connectivity index is 2.36. The molecular weight excluding hydrogens is 277 g/mol. The van der Waals surface area contributed by atoms with Gasteiger partial charge in [0.2, 0.25) is 0 Å². The predicted molar refractivity (Wildman–Crippen MR) is 75.0 cm³/mol. The molecule has 7 heteroatoms. The molecule has 0 aromatic heterocycles. The van der Waals surface area contributed by atoms with Crippen molar-refractivity contribution < 1.29 is 19.5 Å². The highest BCUT2D eigenvalue weighted by molar-refractivity contribution is 6.10. The number of phenols is 1. The Kier molecular flexibility index (Phi) is 4.03. The number of rotatable bonds is 3. The van der Waals surface area contributed by atoms with Crippen LogP contribution in [-0.4, -0.2) is 22.1 Å². The molecule has 0 unspecified atom stereocenters. The second-order valence-electron chi connectivity index (χ2n) is 4.15. The molecule has 0 bridgehead atoms. The van der Waals surface area contributed by atoms with Crippen LogP contribution >= 0.6 is 0 Å². The van der Waals surface area contributed by atoms with E-state index in [1.54, 1.807) is 12.1 Å². The van der Waals surface area contributed by atoms with E-state index in [4.69, 9.17) is 10.9 Å². The number of carbonyl (C=O) groups excluding carboxylic acids is 1. The van der Waals surface area contributed by atoms with Crippen LogP contribution in [0, 0.1) is 5.82 Å². The number of nitrogens with one attached hydrogen (secondary N) is 1. The molecule has 0 atom stereocenters.